The highest BCUT2D eigenvalue weighted by Crippen LogP contribution is 2.35. The van der Waals surface area contributed by atoms with E-state index < -0.39 is 8.07 Å². The Morgan fingerprint density at radius 1 is 1.21 bits per heavy atom. The predicted octanol–water partition coefficient (Wildman–Crippen LogP) is 4.09. The molecule has 0 saturated heterocycles. The summed E-state index contributed by atoms with van der Waals surface area (Å²) in [6.45, 7) is 12.7. The van der Waals surface area contributed by atoms with Gasteiger partial charge in [0.05, 0.1) is 17.7 Å². The van der Waals surface area contributed by atoms with Gasteiger partial charge in [0.2, 0.25) is 5.95 Å². The van der Waals surface area contributed by atoms with E-state index in [4.69, 9.17) is 15.2 Å². The number of nitrogen functional groups attached to an aromatic ring is 1. The van der Waals surface area contributed by atoms with E-state index in [2.05, 4.69) is 34.6 Å². The second kappa shape index (κ2) is 8.28. The number of nitrogens with zero attached hydrogens (tertiary/aromatic N) is 4. The Labute approximate surface area is 166 Å². The summed E-state index contributed by atoms with van der Waals surface area (Å²) in [5.41, 5.74) is 9.18. The molecule has 0 aliphatic heterocycles. The number of aromatic nitrogens is 4. The molecular formula is C20H29N5O2Si. The van der Waals surface area contributed by atoms with Crippen LogP contribution < -0.4 is 10.5 Å². The first-order chi connectivity index (χ1) is 13.3. The molecule has 28 heavy (non-hydrogen) atoms. The van der Waals surface area contributed by atoms with Crippen molar-refractivity contribution in [1.82, 2.24) is 19.5 Å². The monoisotopic (exact) mass is 399 g/mol. The summed E-state index contributed by atoms with van der Waals surface area (Å²) < 4.78 is 13.8. The number of hydrogen-bond donors (Lipinski definition) is 1. The Kier molecular flexibility index (Phi) is 6.00. The van der Waals surface area contributed by atoms with E-state index in [9.17, 15) is 0 Å². The summed E-state index contributed by atoms with van der Waals surface area (Å²) in [6, 6.07) is 4.92. The van der Waals surface area contributed by atoms with E-state index in [-0.39, 0.29) is 5.95 Å². The van der Waals surface area contributed by atoms with Gasteiger partial charge >= 0.3 is 0 Å². The van der Waals surface area contributed by atoms with Crippen molar-refractivity contribution in [3.8, 4) is 17.0 Å². The second-order valence-electron chi connectivity index (χ2n) is 8.05. The molecule has 7 nitrogen and oxygen atoms in total. The fourth-order valence-electron chi connectivity index (χ4n) is 3.03. The Balaban J connectivity index is 2.02. The number of pyridine rings is 1. The first-order valence-corrected chi connectivity index (χ1v) is 13.3. The zero-order valence-corrected chi connectivity index (χ0v) is 18.3. The maximum atomic E-state index is 5.96. The standard InChI is InChI=1S/C20H29N5O2Si/c1-6-27-17-7-8-22-19-18(17)15(16-11-14(2)23-20(21)24-16)12-25(19)13-26-9-10-28(3,4)5/h7-8,11-12H,6,9-10,13H2,1-5H3,(H2,21,23,24). The number of fused-ring (bicyclic) bond motifs is 1. The number of aryl methyl sites for hydroxylation is 1. The van der Waals surface area contributed by atoms with Crippen LogP contribution in [-0.4, -0.2) is 40.8 Å². The van der Waals surface area contributed by atoms with E-state index in [1.807, 2.05) is 36.7 Å². The van der Waals surface area contributed by atoms with Crippen LogP contribution in [0.3, 0.4) is 0 Å². The Morgan fingerprint density at radius 3 is 2.68 bits per heavy atom. The van der Waals surface area contributed by atoms with Crippen molar-refractivity contribution in [2.24, 2.45) is 0 Å². The van der Waals surface area contributed by atoms with Crippen molar-refractivity contribution in [2.45, 2.75) is 46.3 Å². The van der Waals surface area contributed by atoms with E-state index in [1.54, 1.807) is 6.20 Å². The van der Waals surface area contributed by atoms with Gasteiger partial charge in [-0.2, -0.15) is 0 Å². The highest BCUT2D eigenvalue weighted by Gasteiger charge is 2.18. The lowest BCUT2D eigenvalue weighted by Crippen LogP contribution is -2.22. The van der Waals surface area contributed by atoms with Gasteiger partial charge in [-0.05, 0) is 32.0 Å². The van der Waals surface area contributed by atoms with Gasteiger partial charge in [0.1, 0.15) is 18.1 Å². The molecule has 0 radical (unpaired) electrons. The van der Waals surface area contributed by atoms with E-state index >= 15 is 0 Å². The third-order valence-corrected chi connectivity index (χ3v) is 6.10. The minimum atomic E-state index is -1.13. The Bertz CT molecular complexity index is 945. The number of anilines is 1. The van der Waals surface area contributed by atoms with Gasteiger partial charge in [0, 0.05) is 38.3 Å². The molecule has 3 aromatic rings. The van der Waals surface area contributed by atoms with Crippen LogP contribution in [0.4, 0.5) is 5.95 Å². The summed E-state index contributed by atoms with van der Waals surface area (Å²) in [6.07, 6.45) is 3.77. The molecule has 150 valence electrons. The third kappa shape index (κ3) is 4.69. The lowest BCUT2D eigenvalue weighted by molar-refractivity contribution is 0.0899. The van der Waals surface area contributed by atoms with Gasteiger partial charge in [0.25, 0.3) is 0 Å². The van der Waals surface area contributed by atoms with Crippen molar-refractivity contribution in [3.05, 3.63) is 30.2 Å². The van der Waals surface area contributed by atoms with Gasteiger partial charge in [-0.1, -0.05) is 19.6 Å². The number of nitrogens with two attached hydrogens (primary N) is 1. The van der Waals surface area contributed by atoms with Gasteiger partial charge in [0.15, 0.2) is 0 Å². The molecular weight excluding hydrogens is 370 g/mol. The zero-order valence-electron chi connectivity index (χ0n) is 17.3. The van der Waals surface area contributed by atoms with Gasteiger partial charge in [-0.25, -0.2) is 15.0 Å². The first-order valence-electron chi connectivity index (χ1n) is 9.58. The average molecular weight is 400 g/mol. The lowest BCUT2D eigenvalue weighted by Gasteiger charge is -2.15. The van der Waals surface area contributed by atoms with Gasteiger partial charge < -0.3 is 19.8 Å². The van der Waals surface area contributed by atoms with Crippen molar-refractivity contribution in [3.63, 3.8) is 0 Å². The maximum absolute atomic E-state index is 5.96. The van der Waals surface area contributed by atoms with Crippen molar-refractivity contribution >= 4 is 25.1 Å². The SMILES string of the molecule is CCOc1ccnc2c1c(-c1cc(C)nc(N)n1)cn2COCC[Si](C)(C)C. The number of hydrogen-bond acceptors (Lipinski definition) is 6. The molecule has 0 aliphatic rings. The fraction of sp³-hybridized carbons (Fsp3) is 0.450. The molecule has 8 heteroatoms. The van der Waals surface area contributed by atoms with Crippen LogP contribution in [0, 0.1) is 6.92 Å². The summed E-state index contributed by atoms with van der Waals surface area (Å²) in [5.74, 6) is 1.03. The summed E-state index contributed by atoms with van der Waals surface area (Å²) in [7, 11) is -1.13. The van der Waals surface area contributed by atoms with Crippen LogP contribution in [0.5, 0.6) is 5.75 Å². The van der Waals surface area contributed by atoms with Crippen LogP contribution in [-0.2, 0) is 11.5 Å². The largest absolute Gasteiger partial charge is 0.493 e. The minimum absolute atomic E-state index is 0.254. The van der Waals surface area contributed by atoms with Crippen LogP contribution in [0.15, 0.2) is 24.5 Å². The molecule has 2 N–H and O–H groups in total. The molecule has 0 unspecified atom stereocenters. The highest BCUT2D eigenvalue weighted by atomic mass is 28.3. The Morgan fingerprint density at radius 2 is 2.00 bits per heavy atom. The van der Waals surface area contributed by atoms with E-state index in [0.29, 0.717) is 13.3 Å². The van der Waals surface area contributed by atoms with Crippen LogP contribution >= 0.6 is 0 Å². The van der Waals surface area contributed by atoms with Gasteiger partial charge in [-0.3, -0.25) is 0 Å². The average Bonchev–Trinajstić information content (AvgIpc) is 2.97. The normalized spacial score (nSPS) is 11.9. The molecule has 0 amide bonds. The fourth-order valence-corrected chi connectivity index (χ4v) is 3.78. The Hall–Kier alpha value is -2.45. The minimum Gasteiger partial charge on any atom is -0.493 e. The molecule has 0 atom stereocenters. The molecule has 0 saturated carbocycles. The molecule has 0 bridgehead atoms. The first kappa shape index (κ1) is 20.3. The summed E-state index contributed by atoms with van der Waals surface area (Å²) >= 11 is 0. The van der Waals surface area contributed by atoms with Crippen LogP contribution in [0.1, 0.15) is 12.6 Å². The quantitative estimate of drug-likeness (QED) is 0.453. The third-order valence-electron chi connectivity index (χ3n) is 4.39. The molecule has 0 aliphatic carbocycles. The van der Waals surface area contributed by atoms with E-state index in [1.165, 1.54) is 0 Å². The number of ether oxygens (including phenoxy) is 2. The highest BCUT2D eigenvalue weighted by molar-refractivity contribution is 6.76. The molecule has 3 aromatic heterocycles. The molecule has 3 heterocycles. The summed E-state index contributed by atoms with van der Waals surface area (Å²) in [5, 5.41) is 0.913. The second-order valence-corrected chi connectivity index (χ2v) is 13.7. The molecule has 3 rings (SSSR count). The number of rotatable bonds is 8. The summed E-state index contributed by atoms with van der Waals surface area (Å²) in [4.78, 5) is 13.2. The zero-order chi connectivity index (χ0) is 20.3. The van der Waals surface area contributed by atoms with E-state index in [0.717, 1.165) is 46.4 Å². The predicted molar refractivity (Wildman–Crippen MR) is 115 cm³/mol. The molecule has 0 fully saturated rings. The van der Waals surface area contributed by atoms with Crippen LogP contribution in [0.25, 0.3) is 22.3 Å². The van der Waals surface area contributed by atoms with Crippen molar-refractivity contribution in [2.75, 3.05) is 18.9 Å². The van der Waals surface area contributed by atoms with Gasteiger partial charge in [-0.15, -0.1) is 0 Å². The van der Waals surface area contributed by atoms with Crippen LogP contribution in [0.2, 0.25) is 25.7 Å². The smallest absolute Gasteiger partial charge is 0.220 e. The lowest BCUT2D eigenvalue weighted by atomic mass is 10.1. The van der Waals surface area contributed by atoms with Crippen molar-refractivity contribution < 1.29 is 9.47 Å². The maximum Gasteiger partial charge on any atom is 0.220 e. The molecule has 0 spiro atoms. The topological polar surface area (TPSA) is 88.1 Å². The van der Waals surface area contributed by atoms with Crippen molar-refractivity contribution in [1.29, 1.82) is 0 Å². The molecule has 0 aromatic carbocycles.